The van der Waals surface area contributed by atoms with Crippen molar-refractivity contribution in [2.75, 3.05) is 25.9 Å². The molecule has 0 spiro atoms. The van der Waals surface area contributed by atoms with Crippen molar-refractivity contribution in [1.82, 2.24) is 4.90 Å². The predicted octanol–water partition coefficient (Wildman–Crippen LogP) is 1.47. The molecule has 0 radical (unpaired) electrons. The molecule has 20 heavy (non-hydrogen) atoms. The summed E-state index contributed by atoms with van der Waals surface area (Å²) in [5.41, 5.74) is 0.0777. The first-order valence-electron chi connectivity index (χ1n) is 6.29. The quantitative estimate of drug-likeness (QED) is 0.915. The Morgan fingerprint density at radius 1 is 1.35 bits per heavy atom. The topological polar surface area (TPSA) is 36.9 Å². The van der Waals surface area contributed by atoms with E-state index in [1.165, 1.54) is 23.9 Å². The Labute approximate surface area is 119 Å². The van der Waals surface area contributed by atoms with Crippen LogP contribution in [0.3, 0.4) is 0 Å². The zero-order chi connectivity index (χ0) is 14.8. The molecule has 0 saturated carbocycles. The van der Waals surface area contributed by atoms with Crippen molar-refractivity contribution in [2.45, 2.75) is 11.6 Å². The lowest BCUT2D eigenvalue weighted by molar-refractivity contribution is -0.626. The maximum atomic E-state index is 12.5. The molecule has 2 N–H and O–H groups in total. The fourth-order valence-corrected chi connectivity index (χ4v) is 3.30. The van der Waals surface area contributed by atoms with Crippen molar-refractivity contribution in [3.63, 3.8) is 0 Å². The van der Waals surface area contributed by atoms with Crippen LogP contribution in [0.25, 0.3) is 0 Å². The van der Waals surface area contributed by atoms with E-state index in [2.05, 4.69) is 0 Å². The highest BCUT2D eigenvalue weighted by Crippen LogP contribution is 2.39. The molecule has 0 aliphatic carbocycles. The first kappa shape index (κ1) is 15.2. The van der Waals surface area contributed by atoms with Crippen LogP contribution in [0.5, 0.6) is 0 Å². The highest BCUT2D eigenvalue weighted by atomic mass is 32.2. The third kappa shape index (κ3) is 3.27. The third-order valence-electron chi connectivity index (χ3n) is 3.15. The maximum Gasteiger partial charge on any atom is 0.416 e. The van der Waals surface area contributed by atoms with E-state index in [0.717, 1.165) is 24.2 Å². The Morgan fingerprint density at radius 2 is 2.00 bits per heavy atom. The molecule has 1 aromatic carbocycles. The van der Waals surface area contributed by atoms with Gasteiger partial charge in [-0.25, -0.2) is 0 Å². The average Bonchev–Trinajstić information content (AvgIpc) is 2.77. The number of amides is 1. The van der Waals surface area contributed by atoms with E-state index in [1.807, 2.05) is 12.4 Å². The molecule has 1 amide bonds. The van der Waals surface area contributed by atoms with E-state index in [0.29, 0.717) is 12.3 Å². The van der Waals surface area contributed by atoms with Gasteiger partial charge < -0.3 is 10.2 Å². The number of nitrogens with zero attached hydrogens (tertiary/aromatic N) is 1. The summed E-state index contributed by atoms with van der Waals surface area (Å²) >= 11 is 1.46. The summed E-state index contributed by atoms with van der Waals surface area (Å²) in [7, 11) is 1.92. The first-order chi connectivity index (χ1) is 9.43. The van der Waals surface area contributed by atoms with Gasteiger partial charge in [0.25, 0.3) is 0 Å². The highest BCUT2D eigenvalue weighted by Gasteiger charge is 2.34. The van der Waals surface area contributed by atoms with E-state index in [1.54, 1.807) is 4.90 Å². The number of likely N-dealkylation sites (N-methyl/N-ethyl adjacent to an activating group) is 1. The van der Waals surface area contributed by atoms with Crippen LogP contribution >= 0.6 is 11.8 Å². The number of carbonyl (C=O) groups excluding carboxylic acids is 1. The molecule has 7 heteroatoms. The molecule has 1 fully saturated rings. The zero-order valence-electron chi connectivity index (χ0n) is 11.0. The number of thioether (sulfide) groups is 1. The van der Waals surface area contributed by atoms with Gasteiger partial charge in [-0.1, -0.05) is 12.1 Å². The Kier molecular flexibility index (Phi) is 4.59. The predicted molar refractivity (Wildman–Crippen MR) is 71.1 cm³/mol. The number of carbonyl (C=O) groups is 1. The molecular weight excluding hydrogens is 289 g/mol. The molecule has 1 aliphatic heterocycles. The molecule has 0 bridgehead atoms. The molecule has 0 unspecified atom stereocenters. The van der Waals surface area contributed by atoms with Gasteiger partial charge in [0.2, 0.25) is 5.91 Å². The van der Waals surface area contributed by atoms with Crippen LogP contribution < -0.4 is 5.32 Å². The average molecular weight is 305 g/mol. The fourth-order valence-electron chi connectivity index (χ4n) is 2.08. The van der Waals surface area contributed by atoms with Gasteiger partial charge in [0.15, 0.2) is 0 Å². The summed E-state index contributed by atoms with van der Waals surface area (Å²) in [5.74, 6) is 0.428. The molecule has 2 rings (SSSR count). The van der Waals surface area contributed by atoms with Gasteiger partial charge >= 0.3 is 6.18 Å². The SMILES string of the molecule is C[NH2+]CCN1C(=O)CS[C@H]1c1ccc(C(F)(F)F)cc1. The van der Waals surface area contributed by atoms with Gasteiger partial charge in [-0.3, -0.25) is 4.79 Å². The molecule has 1 aromatic rings. The number of nitrogens with two attached hydrogens (primary N) is 1. The van der Waals surface area contributed by atoms with Crippen LogP contribution in [-0.4, -0.2) is 36.7 Å². The van der Waals surface area contributed by atoms with Crippen molar-refractivity contribution >= 4 is 17.7 Å². The first-order valence-corrected chi connectivity index (χ1v) is 7.34. The van der Waals surface area contributed by atoms with Gasteiger partial charge in [0.05, 0.1) is 31.5 Å². The van der Waals surface area contributed by atoms with Crippen molar-refractivity contribution < 1.29 is 23.3 Å². The van der Waals surface area contributed by atoms with Crippen LogP contribution in [-0.2, 0) is 11.0 Å². The van der Waals surface area contributed by atoms with Crippen LogP contribution in [0.1, 0.15) is 16.5 Å². The Bertz CT molecular complexity index is 475. The van der Waals surface area contributed by atoms with Crippen LogP contribution in [0.15, 0.2) is 24.3 Å². The van der Waals surface area contributed by atoms with Gasteiger partial charge in [0, 0.05) is 0 Å². The summed E-state index contributed by atoms with van der Waals surface area (Å²) in [5, 5.41) is 1.80. The lowest BCUT2D eigenvalue weighted by Crippen LogP contribution is -2.81. The summed E-state index contributed by atoms with van der Waals surface area (Å²) in [6.07, 6.45) is -4.33. The maximum absolute atomic E-state index is 12.5. The molecule has 1 atom stereocenters. The second kappa shape index (κ2) is 6.05. The Hall–Kier alpha value is -1.21. The highest BCUT2D eigenvalue weighted by molar-refractivity contribution is 8.00. The standard InChI is InChI=1S/C13H15F3N2OS/c1-17-6-7-18-11(19)8-20-12(18)9-2-4-10(5-3-9)13(14,15)16/h2-5,12,17H,6-8H2,1H3/p+1/t12-/m0/s1. The van der Waals surface area contributed by atoms with Crippen molar-refractivity contribution in [3.05, 3.63) is 35.4 Å². The smallest absolute Gasteiger partial charge is 0.347 e. The van der Waals surface area contributed by atoms with Gasteiger partial charge in [-0.15, -0.1) is 11.8 Å². The molecular formula is C13H16F3N2OS+. The van der Waals surface area contributed by atoms with E-state index in [-0.39, 0.29) is 11.3 Å². The van der Waals surface area contributed by atoms with E-state index >= 15 is 0 Å². The van der Waals surface area contributed by atoms with Crippen molar-refractivity contribution in [3.8, 4) is 0 Å². The van der Waals surface area contributed by atoms with E-state index in [9.17, 15) is 18.0 Å². The Morgan fingerprint density at radius 3 is 2.55 bits per heavy atom. The normalized spacial score (nSPS) is 19.7. The van der Waals surface area contributed by atoms with Gasteiger partial charge in [-0.05, 0) is 17.7 Å². The lowest BCUT2D eigenvalue weighted by Gasteiger charge is -2.23. The number of quaternary nitrogens is 1. The van der Waals surface area contributed by atoms with Crippen LogP contribution in [0.4, 0.5) is 13.2 Å². The van der Waals surface area contributed by atoms with Crippen LogP contribution in [0, 0.1) is 0 Å². The number of alkyl halides is 3. The number of benzene rings is 1. The third-order valence-corrected chi connectivity index (χ3v) is 4.41. The second-order valence-corrected chi connectivity index (χ2v) is 5.64. The lowest BCUT2D eigenvalue weighted by atomic mass is 10.1. The summed E-state index contributed by atoms with van der Waals surface area (Å²) in [6.45, 7) is 1.39. The summed E-state index contributed by atoms with van der Waals surface area (Å²) < 4.78 is 37.6. The summed E-state index contributed by atoms with van der Waals surface area (Å²) in [4.78, 5) is 13.5. The minimum absolute atomic E-state index is 0.0433. The number of hydrogen-bond donors (Lipinski definition) is 1. The molecule has 110 valence electrons. The molecule has 3 nitrogen and oxygen atoms in total. The Balaban J connectivity index is 2.16. The van der Waals surface area contributed by atoms with Crippen molar-refractivity contribution in [1.29, 1.82) is 0 Å². The van der Waals surface area contributed by atoms with E-state index in [4.69, 9.17) is 0 Å². The molecule has 0 aromatic heterocycles. The van der Waals surface area contributed by atoms with Crippen LogP contribution in [0.2, 0.25) is 0 Å². The molecule has 1 heterocycles. The van der Waals surface area contributed by atoms with E-state index < -0.39 is 11.7 Å². The molecule has 1 aliphatic rings. The minimum Gasteiger partial charge on any atom is -0.347 e. The zero-order valence-corrected chi connectivity index (χ0v) is 11.8. The second-order valence-electron chi connectivity index (χ2n) is 4.57. The largest absolute Gasteiger partial charge is 0.416 e. The minimum atomic E-state index is -4.33. The number of halogens is 3. The number of hydrogen-bond acceptors (Lipinski definition) is 2. The van der Waals surface area contributed by atoms with Gasteiger partial charge in [-0.2, -0.15) is 13.2 Å². The van der Waals surface area contributed by atoms with Crippen molar-refractivity contribution in [2.24, 2.45) is 0 Å². The summed E-state index contributed by atoms with van der Waals surface area (Å²) in [6, 6.07) is 5.06. The number of rotatable bonds is 4. The van der Waals surface area contributed by atoms with Gasteiger partial charge in [0.1, 0.15) is 5.37 Å². The monoisotopic (exact) mass is 305 g/mol. The fraction of sp³-hybridized carbons (Fsp3) is 0.462. The molecule has 1 saturated heterocycles.